The van der Waals surface area contributed by atoms with Crippen LogP contribution in [-0.4, -0.2) is 28.8 Å². The molecule has 1 N–H and O–H groups in total. The quantitative estimate of drug-likeness (QED) is 0.824. The SMILES string of the molecule is CCN(CC)c1ccc(NC(=O)c2cc(C3CC3)n(C(C)(C)C)n2)cc1. The number of aromatic nitrogens is 2. The van der Waals surface area contributed by atoms with Gasteiger partial charge in [0.05, 0.1) is 5.54 Å². The maximum absolute atomic E-state index is 12.7. The summed E-state index contributed by atoms with van der Waals surface area (Å²) in [6.07, 6.45) is 2.38. The van der Waals surface area contributed by atoms with E-state index in [4.69, 9.17) is 0 Å². The lowest BCUT2D eigenvalue weighted by Crippen LogP contribution is -2.25. The molecule has 0 atom stereocenters. The summed E-state index contributed by atoms with van der Waals surface area (Å²) in [5.74, 6) is 0.405. The van der Waals surface area contributed by atoms with E-state index < -0.39 is 0 Å². The molecule has 1 amide bonds. The summed E-state index contributed by atoms with van der Waals surface area (Å²) in [7, 11) is 0. The zero-order chi connectivity index (χ0) is 18.9. The third-order valence-corrected chi connectivity index (χ3v) is 4.85. The van der Waals surface area contributed by atoms with Crippen LogP contribution in [0.3, 0.4) is 0 Å². The Hall–Kier alpha value is -2.30. The number of hydrogen-bond acceptors (Lipinski definition) is 3. The van der Waals surface area contributed by atoms with E-state index in [0.29, 0.717) is 11.6 Å². The van der Waals surface area contributed by atoms with E-state index in [9.17, 15) is 4.79 Å². The van der Waals surface area contributed by atoms with Crippen molar-refractivity contribution in [2.45, 2.75) is 58.9 Å². The highest BCUT2D eigenvalue weighted by atomic mass is 16.2. The first-order valence-electron chi connectivity index (χ1n) is 9.60. The summed E-state index contributed by atoms with van der Waals surface area (Å²) < 4.78 is 2.02. The number of carbonyl (C=O) groups excluding carboxylic acids is 1. The monoisotopic (exact) mass is 354 g/mol. The normalized spacial score (nSPS) is 14.3. The molecule has 0 radical (unpaired) electrons. The first-order chi connectivity index (χ1) is 12.3. The molecule has 1 heterocycles. The van der Waals surface area contributed by atoms with Crippen molar-refractivity contribution in [3.05, 3.63) is 41.7 Å². The van der Waals surface area contributed by atoms with Gasteiger partial charge in [0.15, 0.2) is 5.69 Å². The van der Waals surface area contributed by atoms with Crippen molar-refractivity contribution < 1.29 is 4.79 Å². The number of nitrogens with zero attached hydrogens (tertiary/aromatic N) is 3. The molecule has 1 saturated carbocycles. The molecule has 1 aliphatic rings. The molecule has 0 spiro atoms. The molecule has 1 aromatic carbocycles. The van der Waals surface area contributed by atoms with Crippen LogP contribution in [0.1, 0.15) is 69.6 Å². The fraction of sp³-hybridized carbons (Fsp3) is 0.524. The van der Waals surface area contributed by atoms with Gasteiger partial charge in [0.25, 0.3) is 5.91 Å². The molecule has 2 aromatic rings. The van der Waals surface area contributed by atoms with Gasteiger partial charge < -0.3 is 10.2 Å². The molecule has 1 aromatic heterocycles. The van der Waals surface area contributed by atoms with Gasteiger partial charge in [0, 0.05) is 36.1 Å². The van der Waals surface area contributed by atoms with Crippen LogP contribution in [0.2, 0.25) is 0 Å². The maximum atomic E-state index is 12.7. The Balaban J connectivity index is 1.76. The molecule has 140 valence electrons. The maximum Gasteiger partial charge on any atom is 0.276 e. The van der Waals surface area contributed by atoms with E-state index >= 15 is 0 Å². The summed E-state index contributed by atoms with van der Waals surface area (Å²) in [4.78, 5) is 15.0. The van der Waals surface area contributed by atoms with Crippen molar-refractivity contribution >= 4 is 17.3 Å². The van der Waals surface area contributed by atoms with Crippen LogP contribution in [-0.2, 0) is 5.54 Å². The van der Waals surface area contributed by atoms with Crippen LogP contribution in [0, 0.1) is 0 Å². The molecule has 0 bridgehead atoms. The zero-order valence-corrected chi connectivity index (χ0v) is 16.5. The van der Waals surface area contributed by atoms with Crippen molar-refractivity contribution in [1.29, 1.82) is 0 Å². The third kappa shape index (κ3) is 3.92. The summed E-state index contributed by atoms with van der Waals surface area (Å²) in [5, 5.41) is 7.59. The van der Waals surface area contributed by atoms with Crippen LogP contribution in [0.15, 0.2) is 30.3 Å². The van der Waals surface area contributed by atoms with E-state index in [-0.39, 0.29) is 11.4 Å². The average molecular weight is 354 g/mol. The highest BCUT2D eigenvalue weighted by Crippen LogP contribution is 2.41. The molecule has 0 aliphatic heterocycles. The Morgan fingerprint density at radius 1 is 1.19 bits per heavy atom. The zero-order valence-electron chi connectivity index (χ0n) is 16.5. The number of hydrogen-bond donors (Lipinski definition) is 1. The van der Waals surface area contributed by atoms with E-state index in [1.807, 2.05) is 35.0 Å². The standard InChI is InChI=1S/C21H30N4O/c1-6-24(7-2)17-12-10-16(11-13-17)22-20(26)18-14-19(15-8-9-15)25(23-18)21(3,4)5/h10-15H,6-9H2,1-5H3,(H,22,26). The third-order valence-electron chi connectivity index (χ3n) is 4.85. The molecule has 1 aliphatic carbocycles. The van der Waals surface area contributed by atoms with Crippen LogP contribution in [0.5, 0.6) is 0 Å². The average Bonchev–Trinajstić information content (AvgIpc) is 3.34. The Morgan fingerprint density at radius 2 is 1.81 bits per heavy atom. The predicted octanol–water partition coefficient (Wildman–Crippen LogP) is 4.61. The van der Waals surface area contributed by atoms with Crippen LogP contribution in [0.4, 0.5) is 11.4 Å². The Kier molecular flexibility index (Phi) is 5.08. The topological polar surface area (TPSA) is 50.2 Å². The van der Waals surface area contributed by atoms with Gasteiger partial charge in [-0.2, -0.15) is 5.10 Å². The molecule has 5 heteroatoms. The first-order valence-corrected chi connectivity index (χ1v) is 9.60. The summed E-state index contributed by atoms with van der Waals surface area (Å²) >= 11 is 0. The minimum Gasteiger partial charge on any atom is -0.372 e. The second-order valence-electron chi connectivity index (χ2n) is 7.98. The Labute approximate surface area is 156 Å². The number of carbonyl (C=O) groups is 1. The van der Waals surface area contributed by atoms with E-state index in [1.54, 1.807) is 0 Å². The summed E-state index contributed by atoms with van der Waals surface area (Å²) in [6, 6.07) is 9.96. The summed E-state index contributed by atoms with van der Waals surface area (Å²) in [6.45, 7) is 12.6. The fourth-order valence-electron chi connectivity index (χ4n) is 3.25. The molecular weight excluding hydrogens is 324 g/mol. The number of benzene rings is 1. The van der Waals surface area contributed by atoms with Gasteiger partial charge in [-0.25, -0.2) is 0 Å². The largest absolute Gasteiger partial charge is 0.372 e. The molecule has 26 heavy (non-hydrogen) atoms. The number of rotatable bonds is 6. The van der Waals surface area contributed by atoms with E-state index in [1.165, 1.54) is 24.2 Å². The van der Waals surface area contributed by atoms with Gasteiger partial charge in [0.1, 0.15) is 0 Å². The van der Waals surface area contributed by atoms with Crippen LogP contribution >= 0.6 is 0 Å². The molecule has 1 fully saturated rings. The number of nitrogens with one attached hydrogen (secondary N) is 1. The summed E-state index contributed by atoms with van der Waals surface area (Å²) in [5.41, 5.74) is 3.52. The molecule has 5 nitrogen and oxygen atoms in total. The second-order valence-corrected chi connectivity index (χ2v) is 7.98. The van der Waals surface area contributed by atoms with E-state index in [2.05, 4.69) is 49.9 Å². The molecule has 0 unspecified atom stereocenters. The van der Waals surface area contributed by atoms with Crippen molar-refractivity contribution in [2.24, 2.45) is 0 Å². The lowest BCUT2D eigenvalue weighted by molar-refractivity contribution is 0.102. The van der Waals surface area contributed by atoms with Crippen LogP contribution in [0.25, 0.3) is 0 Å². The van der Waals surface area contributed by atoms with Gasteiger partial charge in [0.2, 0.25) is 0 Å². The Bertz CT molecular complexity index is 762. The molecule has 0 saturated heterocycles. The lowest BCUT2D eigenvalue weighted by atomic mass is 10.1. The van der Waals surface area contributed by atoms with Crippen molar-refractivity contribution in [2.75, 3.05) is 23.3 Å². The van der Waals surface area contributed by atoms with Crippen molar-refractivity contribution in [3.8, 4) is 0 Å². The van der Waals surface area contributed by atoms with Gasteiger partial charge in [-0.05, 0) is 77.8 Å². The Morgan fingerprint density at radius 3 is 2.31 bits per heavy atom. The first kappa shape index (κ1) is 18.5. The van der Waals surface area contributed by atoms with Gasteiger partial charge in [-0.15, -0.1) is 0 Å². The highest BCUT2D eigenvalue weighted by molar-refractivity contribution is 6.03. The lowest BCUT2D eigenvalue weighted by Gasteiger charge is -2.22. The fourth-order valence-corrected chi connectivity index (χ4v) is 3.25. The smallest absolute Gasteiger partial charge is 0.276 e. The second kappa shape index (κ2) is 7.14. The van der Waals surface area contributed by atoms with Gasteiger partial charge in [-0.1, -0.05) is 0 Å². The van der Waals surface area contributed by atoms with Gasteiger partial charge in [-0.3, -0.25) is 9.48 Å². The minimum atomic E-state index is -0.148. The predicted molar refractivity (Wildman–Crippen MR) is 107 cm³/mol. The number of anilines is 2. The van der Waals surface area contributed by atoms with Crippen molar-refractivity contribution in [3.63, 3.8) is 0 Å². The highest BCUT2D eigenvalue weighted by Gasteiger charge is 2.32. The van der Waals surface area contributed by atoms with Crippen molar-refractivity contribution in [1.82, 2.24) is 9.78 Å². The van der Waals surface area contributed by atoms with Gasteiger partial charge >= 0.3 is 0 Å². The molecule has 3 rings (SSSR count). The minimum absolute atomic E-state index is 0.123. The van der Waals surface area contributed by atoms with E-state index in [0.717, 1.165) is 18.8 Å². The molecular formula is C21H30N4O. The number of amides is 1. The van der Waals surface area contributed by atoms with Crippen LogP contribution < -0.4 is 10.2 Å².